The van der Waals surface area contributed by atoms with Crippen molar-refractivity contribution in [2.75, 3.05) is 55.9 Å². The molecule has 4 aliphatic rings. The van der Waals surface area contributed by atoms with Gasteiger partial charge in [-0.3, -0.25) is 4.79 Å². The first-order valence-corrected chi connectivity index (χ1v) is 12.8. The summed E-state index contributed by atoms with van der Waals surface area (Å²) in [6.45, 7) is 3.53. The fourth-order valence-electron chi connectivity index (χ4n) is 5.47. The number of morpholine rings is 1. The number of rotatable bonds is 5. The zero-order valence-corrected chi connectivity index (χ0v) is 20.9. The fourth-order valence-corrected chi connectivity index (χ4v) is 5.47. The molecule has 2 N–H and O–H groups in total. The van der Waals surface area contributed by atoms with Gasteiger partial charge in [0.2, 0.25) is 11.8 Å². The molecule has 0 radical (unpaired) electrons. The van der Waals surface area contributed by atoms with E-state index in [0.717, 1.165) is 66.6 Å². The normalized spacial score (nSPS) is 21.9. The highest BCUT2D eigenvalue weighted by Crippen LogP contribution is 2.36. The predicted molar refractivity (Wildman–Crippen MR) is 142 cm³/mol. The average Bonchev–Trinajstić information content (AvgIpc) is 3.71. The summed E-state index contributed by atoms with van der Waals surface area (Å²) >= 11 is 0. The fraction of sp³-hybridized carbons (Fsp3) is 0.407. The number of carbonyl (C=O) groups is 1. The number of oxazole rings is 1. The Labute approximate surface area is 214 Å². The molecule has 4 aromatic rings. The van der Waals surface area contributed by atoms with E-state index >= 15 is 0 Å². The van der Waals surface area contributed by atoms with Gasteiger partial charge in [-0.1, -0.05) is 0 Å². The van der Waals surface area contributed by atoms with Crippen LogP contribution in [0.5, 0.6) is 0 Å². The third kappa shape index (κ3) is 4.06. The van der Waals surface area contributed by atoms with Gasteiger partial charge in [0, 0.05) is 61.5 Å². The Hall–Kier alpha value is -3.76. The molecular formula is C27H29N7O3. The van der Waals surface area contributed by atoms with Gasteiger partial charge in [-0.2, -0.15) is 0 Å². The second-order valence-electron chi connectivity index (χ2n) is 10.3. The number of fused-ring (bicyclic) bond motifs is 6. The van der Waals surface area contributed by atoms with Crippen molar-refractivity contribution in [3.63, 3.8) is 0 Å². The van der Waals surface area contributed by atoms with Crippen LogP contribution < -0.4 is 15.5 Å². The van der Waals surface area contributed by atoms with Gasteiger partial charge >= 0.3 is 0 Å². The van der Waals surface area contributed by atoms with Gasteiger partial charge in [0.15, 0.2) is 5.58 Å². The summed E-state index contributed by atoms with van der Waals surface area (Å²) < 4.78 is 12.2. The maximum atomic E-state index is 12.3. The number of anilines is 3. The predicted octanol–water partition coefficient (Wildman–Crippen LogP) is 3.35. The number of nitrogens with zero attached hydrogens (tertiary/aromatic N) is 5. The molecule has 2 unspecified atom stereocenters. The van der Waals surface area contributed by atoms with E-state index in [2.05, 4.69) is 49.6 Å². The zero-order valence-electron chi connectivity index (χ0n) is 20.9. The SMILES string of the molecule is CNc1ncc(-c2nc3cc(N4CC5CN(C)CC4CO5)ccc3o2)c2cc(NC(=O)C3CC3)ncc12. The van der Waals surface area contributed by atoms with Gasteiger partial charge < -0.3 is 29.6 Å². The lowest BCUT2D eigenvalue weighted by Crippen LogP contribution is -2.49. The van der Waals surface area contributed by atoms with Gasteiger partial charge in [-0.15, -0.1) is 0 Å². The van der Waals surface area contributed by atoms with Gasteiger partial charge in [0.25, 0.3) is 0 Å². The number of carbonyl (C=O) groups excluding carboxylic acids is 1. The second-order valence-corrected chi connectivity index (χ2v) is 10.3. The number of pyridine rings is 2. The van der Waals surface area contributed by atoms with Crippen LogP contribution in [0.1, 0.15) is 12.8 Å². The van der Waals surface area contributed by atoms with Crippen LogP contribution in [0.2, 0.25) is 0 Å². The van der Waals surface area contributed by atoms with Crippen molar-refractivity contribution in [1.82, 2.24) is 19.9 Å². The Morgan fingerprint density at radius 3 is 2.81 bits per heavy atom. The first-order valence-electron chi connectivity index (χ1n) is 12.8. The molecule has 3 saturated heterocycles. The molecule has 1 saturated carbocycles. The lowest BCUT2D eigenvalue weighted by Gasteiger charge is -2.37. The molecule has 2 bridgehead atoms. The summed E-state index contributed by atoms with van der Waals surface area (Å²) in [7, 11) is 3.98. The van der Waals surface area contributed by atoms with Crippen LogP contribution in [0.15, 0.2) is 41.1 Å². The van der Waals surface area contributed by atoms with Crippen LogP contribution in [0.3, 0.4) is 0 Å². The lowest BCUT2D eigenvalue weighted by atomic mass is 10.1. The van der Waals surface area contributed by atoms with Crippen molar-refractivity contribution in [3.05, 3.63) is 36.7 Å². The Bertz CT molecular complexity index is 1510. The van der Waals surface area contributed by atoms with E-state index in [1.54, 1.807) is 12.4 Å². The van der Waals surface area contributed by atoms with E-state index in [4.69, 9.17) is 14.1 Å². The summed E-state index contributed by atoms with van der Waals surface area (Å²) in [5.74, 6) is 1.82. The number of amides is 1. The highest BCUT2D eigenvalue weighted by atomic mass is 16.5. The summed E-state index contributed by atoms with van der Waals surface area (Å²) in [4.78, 5) is 31.0. The summed E-state index contributed by atoms with van der Waals surface area (Å²) in [6.07, 6.45) is 5.57. The second kappa shape index (κ2) is 8.67. The smallest absolute Gasteiger partial charge is 0.229 e. The topological polar surface area (TPSA) is 109 Å². The summed E-state index contributed by atoms with van der Waals surface area (Å²) in [6, 6.07) is 8.38. The highest BCUT2D eigenvalue weighted by molar-refractivity contribution is 6.03. The van der Waals surface area contributed by atoms with Crippen molar-refractivity contribution in [3.8, 4) is 11.5 Å². The van der Waals surface area contributed by atoms with Crippen LogP contribution in [-0.2, 0) is 9.53 Å². The van der Waals surface area contributed by atoms with E-state index in [1.807, 2.05) is 19.2 Å². The molecule has 1 amide bonds. The summed E-state index contributed by atoms with van der Waals surface area (Å²) in [5, 5.41) is 7.75. The van der Waals surface area contributed by atoms with Crippen molar-refractivity contribution in [1.29, 1.82) is 0 Å². The Morgan fingerprint density at radius 1 is 1.08 bits per heavy atom. The van der Waals surface area contributed by atoms with Crippen molar-refractivity contribution in [2.45, 2.75) is 25.0 Å². The third-order valence-corrected chi connectivity index (χ3v) is 7.54. The number of benzene rings is 1. The molecule has 10 nitrogen and oxygen atoms in total. The molecule has 0 spiro atoms. The molecule has 1 aromatic carbocycles. The Balaban J connectivity index is 1.27. The number of hydrogen-bond acceptors (Lipinski definition) is 9. The third-order valence-electron chi connectivity index (χ3n) is 7.54. The van der Waals surface area contributed by atoms with Gasteiger partial charge in [0.05, 0.1) is 24.3 Å². The molecule has 10 heteroatoms. The molecule has 4 fully saturated rings. The summed E-state index contributed by atoms with van der Waals surface area (Å²) in [5.41, 5.74) is 3.39. The average molecular weight is 500 g/mol. The minimum Gasteiger partial charge on any atom is -0.436 e. The van der Waals surface area contributed by atoms with Crippen molar-refractivity contribution >= 4 is 45.1 Å². The van der Waals surface area contributed by atoms with E-state index in [0.29, 0.717) is 29.2 Å². The zero-order chi connectivity index (χ0) is 25.1. The van der Waals surface area contributed by atoms with Crippen LogP contribution >= 0.6 is 0 Å². The number of ether oxygens (including phenoxy) is 1. The molecule has 6 heterocycles. The maximum Gasteiger partial charge on any atom is 0.229 e. The molecule has 3 aromatic heterocycles. The molecule has 37 heavy (non-hydrogen) atoms. The monoisotopic (exact) mass is 499 g/mol. The minimum atomic E-state index is 0.0181. The minimum absolute atomic E-state index is 0.0181. The molecule has 1 aliphatic carbocycles. The molecule has 2 atom stereocenters. The van der Waals surface area contributed by atoms with Crippen LogP contribution in [0.25, 0.3) is 33.3 Å². The number of aromatic nitrogens is 3. The standard InChI is InChI=1S/C27H29N7O3/c1-28-25-20-9-29-24(32-26(35)15-3-4-15)8-19(20)21(10-30-25)27-31-22-7-16(5-6-23(22)37-27)34-13-18-12-33(2)11-17(34)14-36-18/h5-10,15,17-18H,3-4,11-14H2,1-2H3,(H,28,30)(H,29,32,35). The van der Waals surface area contributed by atoms with E-state index in [1.165, 1.54) is 0 Å². The lowest BCUT2D eigenvalue weighted by molar-refractivity contribution is -0.117. The number of nitrogens with one attached hydrogen (secondary N) is 2. The van der Waals surface area contributed by atoms with Crippen LogP contribution in [0, 0.1) is 5.92 Å². The van der Waals surface area contributed by atoms with Crippen LogP contribution in [-0.4, -0.2) is 78.2 Å². The highest BCUT2D eigenvalue weighted by Gasteiger charge is 2.35. The van der Waals surface area contributed by atoms with E-state index in [9.17, 15) is 4.79 Å². The van der Waals surface area contributed by atoms with E-state index in [-0.39, 0.29) is 17.9 Å². The molecule has 8 rings (SSSR count). The van der Waals surface area contributed by atoms with Crippen molar-refractivity contribution < 1.29 is 13.9 Å². The quantitative estimate of drug-likeness (QED) is 0.427. The van der Waals surface area contributed by atoms with Gasteiger partial charge in [0.1, 0.15) is 17.2 Å². The molecular weight excluding hydrogens is 470 g/mol. The molecule has 3 aliphatic heterocycles. The number of hydrogen-bond donors (Lipinski definition) is 2. The maximum absolute atomic E-state index is 12.3. The Morgan fingerprint density at radius 2 is 1.97 bits per heavy atom. The van der Waals surface area contributed by atoms with Crippen LogP contribution in [0.4, 0.5) is 17.3 Å². The van der Waals surface area contributed by atoms with Crippen molar-refractivity contribution in [2.24, 2.45) is 5.92 Å². The van der Waals surface area contributed by atoms with E-state index < -0.39 is 0 Å². The Kier molecular flexibility index (Phi) is 5.26. The van der Waals surface area contributed by atoms with Gasteiger partial charge in [-0.25, -0.2) is 15.0 Å². The molecule has 190 valence electrons. The van der Waals surface area contributed by atoms with Gasteiger partial charge in [-0.05, 0) is 44.2 Å². The first-order chi connectivity index (χ1) is 18.1. The first kappa shape index (κ1) is 22.4. The largest absolute Gasteiger partial charge is 0.436 e. The number of likely N-dealkylation sites (N-methyl/N-ethyl adjacent to an activating group) is 1.